The molecule has 0 aliphatic carbocycles. The average molecular weight is 300 g/mol. The third kappa shape index (κ3) is 6.04. The SMILES string of the molecule is CNC1CCCN(CCN2CCOCC2)C1.Cl.Cl. The van der Waals surface area contributed by atoms with Gasteiger partial charge in [0.25, 0.3) is 0 Å². The van der Waals surface area contributed by atoms with Gasteiger partial charge in [0.2, 0.25) is 0 Å². The largest absolute Gasteiger partial charge is 0.379 e. The highest BCUT2D eigenvalue weighted by Gasteiger charge is 2.19. The highest BCUT2D eigenvalue weighted by Crippen LogP contribution is 2.09. The molecule has 1 unspecified atom stereocenters. The van der Waals surface area contributed by atoms with E-state index in [1.165, 1.54) is 39.0 Å². The quantitative estimate of drug-likeness (QED) is 0.833. The van der Waals surface area contributed by atoms with E-state index in [9.17, 15) is 0 Å². The van der Waals surface area contributed by atoms with Gasteiger partial charge in [0.1, 0.15) is 0 Å². The maximum Gasteiger partial charge on any atom is 0.0594 e. The lowest BCUT2D eigenvalue weighted by atomic mass is 10.1. The maximum atomic E-state index is 5.36. The van der Waals surface area contributed by atoms with E-state index in [1.807, 2.05) is 0 Å². The van der Waals surface area contributed by atoms with Gasteiger partial charge >= 0.3 is 0 Å². The van der Waals surface area contributed by atoms with Crippen LogP contribution in [0.5, 0.6) is 0 Å². The molecule has 1 atom stereocenters. The van der Waals surface area contributed by atoms with Gasteiger partial charge < -0.3 is 15.0 Å². The smallest absolute Gasteiger partial charge is 0.0594 e. The van der Waals surface area contributed by atoms with Crippen LogP contribution in [0.1, 0.15) is 12.8 Å². The first-order valence-electron chi connectivity index (χ1n) is 6.58. The zero-order valence-corrected chi connectivity index (χ0v) is 12.9. The minimum atomic E-state index is 0. The Hall–Kier alpha value is 0.420. The number of likely N-dealkylation sites (tertiary alicyclic amines) is 1. The van der Waals surface area contributed by atoms with Crippen LogP contribution in [0.25, 0.3) is 0 Å². The minimum Gasteiger partial charge on any atom is -0.379 e. The van der Waals surface area contributed by atoms with Crippen LogP contribution in [0.3, 0.4) is 0 Å². The molecule has 110 valence electrons. The number of hydrogen-bond donors (Lipinski definition) is 1. The molecule has 4 nitrogen and oxygen atoms in total. The van der Waals surface area contributed by atoms with Crippen molar-refractivity contribution in [3.8, 4) is 0 Å². The van der Waals surface area contributed by atoms with E-state index in [0.29, 0.717) is 6.04 Å². The zero-order chi connectivity index (χ0) is 11.2. The molecule has 0 aromatic carbocycles. The van der Waals surface area contributed by atoms with E-state index in [2.05, 4.69) is 22.2 Å². The summed E-state index contributed by atoms with van der Waals surface area (Å²) in [5, 5.41) is 3.40. The van der Waals surface area contributed by atoms with Gasteiger partial charge in [0.05, 0.1) is 13.2 Å². The van der Waals surface area contributed by atoms with Crippen molar-refractivity contribution >= 4 is 24.8 Å². The summed E-state index contributed by atoms with van der Waals surface area (Å²) < 4.78 is 5.36. The molecule has 0 saturated carbocycles. The number of nitrogens with one attached hydrogen (secondary N) is 1. The highest BCUT2D eigenvalue weighted by atomic mass is 35.5. The van der Waals surface area contributed by atoms with Crippen molar-refractivity contribution < 1.29 is 4.74 Å². The third-order valence-electron chi connectivity index (χ3n) is 3.75. The number of piperidine rings is 1. The van der Waals surface area contributed by atoms with Gasteiger partial charge in [-0.05, 0) is 26.4 Å². The predicted octanol–water partition coefficient (Wildman–Crippen LogP) is 0.846. The fourth-order valence-electron chi connectivity index (χ4n) is 2.60. The van der Waals surface area contributed by atoms with Gasteiger partial charge in [0.15, 0.2) is 0 Å². The number of halogens is 2. The molecule has 6 heteroatoms. The summed E-state index contributed by atoms with van der Waals surface area (Å²) in [5.74, 6) is 0. The van der Waals surface area contributed by atoms with Gasteiger partial charge in [-0.25, -0.2) is 0 Å². The zero-order valence-electron chi connectivity index (χ0n) is 11.3. The lowest BCUT2D eigenvalue weighted by Crippen LogP contribution is -2.48. The number of likely N-dealkylation sites (N-methyl/N-ethyl adjacent to an activating group) is 1. The first-order valence-corrected chi connectivity index (χ1v) is 6.58. The van der Waals surface area contributed by atoms with E-state index < -0.39 is 0 Å². The average Bonchev–Trinajstić information content (AvgIpc) is 2.38. The maximum absolute atomic E-state index is 5.36. The Morgan fingerprint density at radius 1 is 1.06 bits per heavy atom. The first kappa shape index (κ1) is 18.4. The van der Waals surface area contributed by atoms with Gasteiger partial charge in [-0.3, -0.25) is 4.90 Å². The normalized spacial score (nSPS) is 26.2. The molecular weight excluding hydrogens is 273 g/mol. The molecule has 0 radical (unpaired) electrons. The van der Waals surface area contributed by atoms with Gasteiger partial charge in [-0.1, -0.05) is 0 Å². The van der Waals surface area contributed by atoms with E-state index >= 15 is 0 Å². The van der Waals surface area contributed by atoms with Gasteiger partial charge in [0, 0.05) is 38.8 Å². The molecule has 2 aliphatic heterocycles. The Balaban J connectivity index is 0.00000144. The van der Waals surface area contributed by atoms with E-state index in [0.717, 1.165) is 26.3 Å². The fourth-order valence-corrected chi connectivity index (χ4v) is 2.60. The standard InChI is InChI=1S/C12H25N3O.2ClH/c1-13-12-3-2-4-15(11-12)6-5-14-7-9-16-10-8-14;;/h12-13H,2-11H2,1H3;2*1H. The number of nitrogens with zero attached hydrogens (tertiary/aromatic N) is 2. The van der Waals surface area contributed by atoms with Crippen molar-refractivity contribution in [1.29, 1.82) is 0 Å². The minimum absolute atomic E-state index is 0. The van der Waals surface area contributed by atoms with Crippen LogP contribution >= 0.6 is 24.8 Å². The summed E-state index contributed by atoms with van der Waals surface area (Å²) in [6.45, 7) is 8.99. The molecule has 0 aromatic heterocycles. The summed E-state index contributed by atoms with van der Waals surface area (Å²) in [5.41, 5.74) is 0. The molecule has 0 spiro atoms. The Labute approximate surface area is 123 Å². The molecule has 0 amide bonds. The summed E-state index contributed by atoms with van der Waals surface area (Å²) in [4.78, 5) is 5.12. The van der Waals surface area contributed by atoms with Crippen molar-refractivity contribution in [1.82, 2.24) is 15.1 Å². The van der Waals surface area contributed by atoms with Crippen LogP contribution in [-0.2, 0) is 4.74 Å². The topological polar surface area (TPSA) is 27.7 Å². The van der Waals surface area contributed by atoms with Crippen molar-refractivity contribution in [2.24, 2.45) is 0 Å². The number of rotatable bonds is 4. The van der Waals surface area contributed by atoms with Gasteiger partial charge in [-0.15, -0.1) is 24.8 Å². The monoisotopic (exact) mass is 299 g/mol. The summed E-state index contributed by atoms with van der Waals surface area (Å²) in [6.07, 6.45) is 2.68. The second kappa shape index (κ2) is 10.2. The Kier molecular flexibility index (Phi) is 10.5. The first-order chi connectivity index (χ1) is 7.88. The summed E-state index contributed by atoms with van der Waals surface area (Å²) in [6, 6.07) is 0.707. The Bertz CT molecular complexity index is 204. The summed E-state index contributed by atoms with van der Waals surface area (Å²) in [7, 11) is 2.08. The molecular formula is C12H27Cl2N3O. The molecule has 0 bridgehead atoms. The van der Waals surface area contributed by atoms with E-state index in [1.54, 1.807) is 0 Å². The predicted molar refractivity (Wildman–Crippen MR) is 80.3 cm³/mol. The van der Waals surface area contributed by atoms with E-state index in [-0.39, 0.29) is 24.8 Å². The Morgan fingerprint density at radius 3 is 2.39 bits per heavy atom. The third-order valence-corrected chi connectivity index (χ3v) is 3.75. The van der Waals surface area contributed by atoms with Crippen molar-refractivity contribution in [2.75, 3.05) is 59.5 Å². The van der Waals surface area contributed by atoms with Crippen LogP contribution in [0.15, 0.2) is 0 Å². The second-order valence-corrected chi connectivity index (χ2v) is 4.88. The number of ether oxygens (including phenoxy) is 1. The Morgan fingerprint density at radius 2 is 1.72 bits per heavy atom. The molecule has 2 fully saturated rings. The molecule has 18 heavy (non-hydrogen) atoms. The van der Waals surface area contributed by atoms with Crippen LogP contribution in [-0.4, -0.2) is 75.4 Å². The number of morpholine rings is 1. The van der Waals surface area contributed by atoms with Crippen LogP contribution in [0, 0.1) is 0 Å². The van der Waals surface area contributed by atoms with Crippen molar-refractivity contribution in [3.63, 3.8) is 0 Å². The van der Waals surface area contributed by atoms with Crippen molar-refractivity contribution in [3.05, 3.63) is 0 Å². The number of hydrogen-bond acceptors (Lipinski definition) is 4. The second-order valence-electron chi connectivity index (χ2n) is 4.88. The lowest BCUT2D eigenvalue weighted by Gasteiger charge is -2.35. The highest BCUT2D eigenvalue weighted by molar-refractivity contribution is 5.85. The molecule has 2 aliphatic rings. The molecule has 2 rings (SSSR count). The molecule has 0 aromatic rings. The van der Waals surface area contributed by atoms with Crippen LogP contribution in [0.2, 0.25) is 0 Å². The van der Waals surface area contributed by atoms with Gasteiger partial charge in [-0.2, -0.15) is 0 Å². The van der Waals surface area contributed by atoms with E-state index in [4.69, 9.17) is 4.74 Å². The molecule has 2 heterocycles. The van der Waals surface area contributed by atoms with Crippen molar-refractivity contribution in [2.45, 2.75) is 18.9 Å². The molecule has 2 saturated heterocycles. The molecule has 1 N–H and O–H groups in total. The lowest BCUT2D eigenvalue weighted by molar-refractivity contribution is 0.0316. The van der Waals surface area contributed by atoms with Crippen LogP contribution in [0.4, 0.5) is 0 Å². The van der Waals surface area contributed by atoms with Crippen LogP contribution < -0.4 is 5.32 Å². The summed E-state index contributed by atoms with van der Waals surface area (Å²) >= 11 is 0. The fraction of sp³-hybridized carbons (Fsp3) is 1.00.